The molecule has 0 radical (unpaired) electrons. The van der Waals surface area contributed by atoms with Crippen LogP contribution in [0.3, 0.4) is 0 Å². The van der Waals surface area contributed by atoms with Crippen LogP contribution in [0.5, 0.6) is 5.75 Å². The number of methoxy groups -OCH3 is 1. The van der Waals surface area contributed by atoms with Crippen LogP contribution >= 0.6 is 0 Å². The van der Waals surface area contributed by atoms with Gasteiger partial charge in [-0.1, -0.05) is 0 Å². The quantitative estimate of drug-likeness (QED) is 0.769. The minimum Gasteiger partial charge on any atom is -0.496 e. The molecular weight excluding hydrogens is 178 g/mol. The lowest BCUT2D eigenvalue weighted by Gasteiger charge is -2.10. The Labute approximate surface area is 84.7 Å². The Morgan fingerprint density at radius 2 is 2.21 bits per heavy atom. The molecule has 1 rings (SSSR count). The van der Waals surface area contributed by atoms with Gasteiger partial charge in [-0.25, -0.2) is 0 Å². The molecule has 1 aromatic rings. The van der Waals surface area contributed by atoms with E-state index in [2.05, 4.69) is 5.32 Å². The summed E-state index contributed by atoms with van der Waals surface area (Å²) in [6.45, 7) is 4.31. The van der Waals surface area contributed by atoms with Crippen molar-refractivity contribution in [3.05, 3.63) is 23.8 Å². The molecule has 0 unspecified atom stereocenters. The van der Waals surface area contributed by atoms with Crippen molar-refractivity contribution in [2.45, 2.75) is 20.0 Å². The molecule has 0 saturated carbocycles. The number of benzene rings is 1. The van der Waals surface area contributed by atoms with E-state index in [9.17, 15) is 0 Å². The maximum atomic E-state index is 9.10. The Morgan fingerprint density at radius 3 is 2.71 bits per heavy atom. The number of ether oxygens (including phenoxy) is 1. The second-order valence-electron chi connectivity index (χ2n) is 3.41. The number of aryl methyl sites for hydroxylation is 1. The highest BCUT2D eigenvalue weighted by atomic mass is 16.5. The van der Waals surface area contributed by atoms with Gasteiger partial charge in [0.25, 0.3) is 0 Å². The minimum atomic E-state index is -0.336. The Morgan fingerprint density at radius 1 is 1.50 bits per heavy atom. The highest BCUT2D eigenvalue weighted by Crippen LogP contribution is 2.21. The molecule has 3 nitrogen and oxygen atoms in total. The van der Waals surface area contributed by atoms with E-state index < -0.39 is 0 Å². The number of hydrogen-bond donors (Lipinski definition) is 2. The molecule has 0 aliphatic carbocycles. The van der Waals surface area contributed by atoms with Crippen molar-refractivity contribution in [3.63, 3.8) is 0 Å². The third-order valence-electron chi connectivity index (χ3n) is 2.00. The van der Waals surface area contributed by atoms with Crippen LogP contribution < -0.4 is 10.1 Å². The van der Waals surface area contributed by atoms with Gasteiger partial charge in [0.1, 0.15) is 5.75 Å². The number of aliphatic hydroxyl groups is 1. The first-order chi connectivity index (χ1) is 6.63. The molecule has 0 amide bonds. The molecule has 0 aliphatic rings. The predicted molar refractivity (Wildman–Crippen MR) is 57.9 cm³/mol. The lowest BCUT2D eigenvalue weighted by Crippen LogP contribution is -2.15. The number of aliphatic hydroxyl groups excluding tert-OH is 1. The van der Waals surface area contributed by atoms with Crippen LogP contribution in [0.15, 0.2) is 18.2 Å². The van der Waals surface area contributed by atoms with Gasteiger partial charge in [-0.15, -0.1) is 0 Å². The molecule has 0 aliphatic heterocycles. The van der Waals surface area contributed by atoms with Gasteiger partial charge in [-0.2, -0.15) is 0 Å². The van der Waals surface area contributed by atoms with Gasteiger partial charge in [0, 0.05) is 12.2 Å². The molecule has 1 atom stereocenters. The zero-order valence-electron chi connectivity index (χ0n) is 8.87. The lowest BCUT2D eigenvalue weighted by molar-refractivity contribution is 0.208. The van der Waals surface area contributed by atoms with Crippen LogP contribution in [0.25, 0.3) is 0 Å². The molecule has 78 valence electrons. The Bertz CT molecular complexity index is 297. The van der Waals surface area contributed by atoms with Crippen molar-refractivity contribution in [3.8, 4) is 5.75 Å². The fourth-order valence-electron chi connectivity index (χ4n) is 1.25. The molecule has 14 heavy (non-hydrogen) atoms. The Hall–Kier alpha value is -1.22. The maximum Gasteiger partial charge on any atom is 0.121 e. The molecule has 2 N–H and O–H groups in total. The van der Waals surface area contributed by atoms with Gasteiger partial charge >= 0.3 is 0 Å². The predicted octanol–water partition coefficient (Wildman–Crippen LogP) is 1.80. The van der Waals surface area contributed by atoms with E-state index in [1.165, 1.54) is 0 Å². The Balaban J connectivity index is 2.66. The fraction of sp³-hybridized carbons (Fsp3) is 0.455. The third-order valence-corrected chi connectivity index (χ3v) is 2.00. The normalized spacial score (nSPS) is 12.3. The van der Waals surface area contributed by atoms with E-state index in [1.54, 1.807) is 14.0 Å². The largest absolute Gasteiger partial charge is 0.496 e. The summed E-state index contributed by atoms with van der Waals surface area (Å²) in [6.07, 6.45) is -0.336. The van der Waals surface area contributed by atoms with Crippen molar-refractivity contribution in [1.82, 2.24) is 0 Å². The van der Waals surface area contributed by atoms with Crippen molar-refractivity contribution < 1.29 is 9.84 Å². The zero-order chi connectivity index (χ0) is 10.6. The zero-order valence-corrected chi connectivity index (χ0v) is 8.87. The average molecular weight is 195 g/mol. The summed E-state index contributed by atoms with van der Waals surface area (Å²) in [4.78, 5) is 0. The number of anilines is 1. The summed E-state index contributed by atoms with van der Waals surface area (Å²) >= 11 is 0. The molecule has 0 bridgehead atoms. The average Bonchev–Trinajstić information content (AvgIpc) is 2.15. The van der Waals surface area contributed by atoms with Crippen LogP contribution in [-0.4, -0.2) is 24.9 Å². The highest BCUT2D eigenvalue weighted by Gasteiger charge is 2.00. The van der Waals surface area contributed by atoms with E-state index in [0.29, 0.717) is 6.54 Å². The first-order valence-corrected chi connectivity index (χ1v) is 4.70. The smallest absolute Gasteiger partial charge is 0.121 e. The van der Waals surface area contributed by atoms with E-state index >= 15 is 0 Å². The summed E-state index contributed by atoms with van der Waals surface area (Å²) in [5.74, 6) is 0.882. The summed E-state index contributed by atoms with van der Waals surface area (Å²) in [5.41, 5.74) is 2.09. The molecule has 0 fully saturated rings. The van der Waals surface area contributed by atoms with Gasteiger partial charge in [-0.05, 0) is 37.6 Å². The van der Waals surface area contributed by atoms with Crippen LogP contribution in [0, 0.1) is 6.92 Å². The van der Waals surface area contributed by atoms with Crippen molar-refractivity contribution in [2.75, 3.05) is 19.0 Å². The SMILES string of the molecule is COc1ccc(NC[C@@H](C)O)cc1C. The maximum absolute atomic E-state index is 9.10. The standard InChI is InChI=1S/C11H17NO2/c1-8-6-10(12-7-9(2)13)4-5-11(8)14-3/h4-6,9,12-13H,7H2,1-3H3/t9-/m1/s1. The van der Waals surface area contributed by atoms with E-state index in [4.69, 9.17) is 9.84 Å². The van der Waals surface area contributed by atoms with E-state index in [1.807, 2.05) is 25.1 Å². The molecular formula is C11H17NO2. The topological polar surface area (TPSA) is 41.5 Å². The van der Waals surface area contributed by atoms with Crippen LogP contribution in [0.2, 0.25) is 0 Å². The van der Waals surface area contributed by atoms with Crippen molar-refractivity contribution >= 4 is 5.69 Å². The van der Waals surface area contributed by atoms with Gasteiger partial charge in [-0.3, -0.25) is 0 Å². The number of rotatable bonds is 4. The molecule has 0 saturated heterocycles. The van der Waals surface area contributed by atoms with Gasteiger partial charge < -0.3 is 15.2 Å². The van der Waals surface area contributed by atoms with Crippen molar-refractivity contribution in [1.29, 1.82) is 0 Å². The molecule has 0 aromatic heterocycles. The van der Waals surface area contributed by atoms with Gasteiger partial charge in [0.15, 0.2) is 0 Å². The molecule has 1 aromatic carbocycles. The van der Waals surface area contributed by atoms with E-state index in [-0.39, 0.29) is 6.10 Å². The fourth-order valence-corrected chi connectivity index (χ4v) is 1.25. The second-order valence-corrected chi connectivity index (χ2v) is 3.41. The second kappa shape index (κ2) is 4.86. The third kappa shape index (κ3) is 2.92. The van der Waals surface area contributed by atoms with Crippen LogP contribution in [0.4, 0.5) is 5.69 Å². The minimum absolute atomic E-state index is 0.336. The van der Waals surface area contributed by atoms with Crippen LogP contribution in [0.1, 0.15) is 12.5 Å². The lowest BCUT2D eigenvalue weighted by atomic mass is 10.2. The summed E-state index contributed by atoms with van der Waals surface area (Å²) in [7, 11) is 1.66. The monoisotopic (exact) mass is 195 g/mol. The first kappa shape index (κ1) is 10.9. The molecule has 0 spiro atoms. The summed E-state index contributed by atoms with van der Waals surface area (Å²) in [5, 5.41) is 12.2. The Kier molecular flexibility index (Phi) is 3.77. The number of nitrogens with one attached hydrogen (secondary N) is 1. The summed E-state index contributed by atoms with van der Waals surface area (Å²) < 4.78 is 5.15. The van der Waals surface area contributed by atoms with E-state index in [0.717, 1.165) is 17.0 Å². The summed E-state index contributed by atoms with van der Waals surface area (Å²) in [6, 6.07) is 5.86. The highest BCUT2D eigenvalue weighted by molar-refractivity contribution is 5.50. The first-order valence-electron chi connectivity index (χ1n) is 4.70. The van der Waals surface area contributed by atoms with Crippen molar-refractivity contribution in [2.24, 2.45) is 0 Å². The van der Waals surface area contributed by atoms with Gasteiger partial charge in [0.05, 0.1) is 13.2 Å². The van der Waals surface area contributed by atoms with Gasteiger partial charge in [0.2, 0.25) is 0 Å². The molecule has 0 heterocycles. The van der Waals surface area contributed by atoms with Crippen LogP contribution in [-0.2, 0) is 0 Å². The number of hydrogen-bond acceptors (Lipinski definition) is 3. The molecule has 3 heteroatoms.